The van der Waals surface area contributed by atoms with E-state index in [0.29, 0.717) is 0 Å². The van der Waals surface area contributed by atoms with Gasteiger partial charge in [0.05, 0.1) is 5.69 Å². The molecule has 1 aromatic carbocycles. The molecule has 0 spiro atoms. The summed E-state index contributed by atoms with van der Waals surface area (Å²) in [5.74, 6) is 0.583. The van der Waals surface area contributed by atoms with Crippen LogP contribution >= 0.6 is 15.9 Å². The van der Waals surface area contributed by atoms with Gasteiger partial charge in [-0.15, -0.1) is 0 Å². The predicted octanol–water partition coefficient (Wildman–Crippen LogP) is 4.60. The van der Waals surface area contributed by atoms with Crippen LogP contribution in [0.3, 0.4) is 0 Å². The monoisotopic (exact) mass is 340 g/mol. The molecule has 2 rings (SSSR count). The lowest BCUT2D eigenvalue weighted by molar-refractivity contribution is 0.389. The van der Waals surface area contributed by atoms with E-state index < -0.39 is 0 Å². The third-order valence-corrected chi connectivity index (χ3v) is 4.14. The maximum Gasteiger partial charge on any atom is 0.138 e. The molecule has 0 aliphatic rings. The minimum Gasteiger partial charge on any atom is -0.361 e. The van der Waals surface area contributed by atoms with Crippen LogP contribution in [0.15, 0.2) is 27.2 Å². The lowest BCUT2D eigenvalue weighted by Crippen LogP contribution is -2.23. The Morgan fingerprint density at radius 2 is 1.95 bits per heavy atom. The zero-order valence-corrected chi connectivity index (χ0v) is 13.6. The van der Waals surface area contributed by atoms with Crippen LogP contribution in [0.4, 0.5) is 4.39 Å². The van der Waals surface area contributed by atoms with E-state index in [1.807, 2.05) is 20.8 Å². The minimum atomic E-state index is -0.244. The van der Waals surface area contributed by atoms with Gasteiger partial charge in [-0.25, -0.2) is 4.39 Å². The Kier molecular flexibility index (Phi) is 4.60. The molecule has 0 saturated carbocycles. The van der Waals surface area contributed by atoms with Crippen LogP contribution < -0.4 is 5.32 Å². The second kappa shape index (κ2) is 6.06. The van der Waals surface area contributed by atoms with Crippen molar-refractivity contribution in [3.8, 4) is 0 Å². The van der Waals surface area contributed by atoms with E-state index in [4.69, 9.17) is 4.52 Å². The number of aromatic nitrogens is 1. The standard InChI is InChI=1S/C15H18BrFN2O/c1-8(13-6-5-12(17)7-14(13)16)18-9(2)15-10(3)19-20-11(15)4/h5-9,18H,1-4H3. The number of nitrogens with zero attached hydrogens (tertiary/aromatic N) is 1. The summed E-state index contributed by atoms with van der Waals surface area (Å²) in [5, 5.41) is 7.46. The molecule has 0 fully saturated rings. The van der Waals surface area contributed by atoms with E-state index in [9.17, 15) is 4.39 Å². The first-order valence-electron chi connectivity index (χ1n) is 6.54. The molecule has 0 radical (unpaired) electrons. The second-order valence-corrected chi connectivity index (χ2v) is 5.87. The van der Waals surface area contributed by atoms with Crippen molar-refractivity contribution in [1.29, 1.82) is 0 Å². The maximum absolute atomic E-state index is 13.1. The van der Waals surface area contributed by atoms with Crippen molar-refractivity contribution in [2.45, 2.75) is 39.8 Å². The second-order valence-electron chi connectivity index (χ2n) is 5.01. The van der Waals surface area contributed by atoms with Gasteiger partial charge in [0.15, 0.2) is 0 Å². The molecule has 0 aliphatic carbocycles. The summed E-state index contributed by atoms with van der Waals surface area (Å²) in [4.78, 5) is 0. The Morgan fingerprint density at radius 3 is 2.50 bits per heavy atom. The van der Waals surface area contributed by atoms with E-state index in [0.717, 1.165) is 27.1 Å². The first-order chi connectivity index (χ1) is 9.40. The van der Waals surface area contributed by atoms with Crippen molar-refractivity contribution in [2.24, 2.45) is 0 Å². The molecule has 1 N–H and O–H groups in total. The quantitative estimate of drug-likeness (QED) is 0.883. The van der Waals surface area contributed by atoms with Gasteiger partial charge in [0, 0.05) is 22.1 Å². The molecule has 0 bridgehead atoms. The van der Waals surface area contributed by atoms with Gasteiger partial charge in [-0.05, 0) is 45.4 Å². The molecule has 2 unspecified atom stereocenters. The molecule has 2 atom stereocenters. The number of halogens is 2. The van der Waals surface area contributed by atoms with Gasteiger partial charge < -0.3 is 9.84 Å². The van der Waals surface area contributed by atoms with Crippen molar-refractivity contribution in [3.05, 3.63) is 51.1 Å². The highest BCUT2D eigenvalue weighted by molar-refractivity contribution is 9.10. The van der Waals surface area contributed by atoms with E-state index >= 15 is 0 Å². The number of nitrogens with one attached hydrogen (secondary N) is 1. The Morgan fingerprint density at radius 1 is 1.25 bits per heavy atom. The first-order valence-corrected chi connectivity index (χ1v) is 7.33. The van der Waals surface area contributed by atoms with E-state index in [1.54, 1.807) is 6.07 Å². The normalized spacial score (nSPS) is 14.3. The van der Waals surface area contributed by atoms with Crippen LogP contribution in [0.2, 0.25) is 0 Å². The van der Waals surface area contributed by atoms with Crippen LogP contribution in [-0.2, 0) is 0 Å². The highest BCUT2D eigenvalue weighted by Crippen LogP contribution is 2.28. The third kappa shape index (κ3) is 3.10. The minimum absolute atomic E-state index is 0.0775. The van der Waals surface area contributed by atoms with Crippen LogP contribution in [0, 0.1) is 19.7 Å². The van der Waals surface area contributed by atoms with Crippen LogP contribution in [0.1, 0.15) is 48.5 Å². The van der Waals surface area contributed by atoms with Crippen molar-refractivity contribution < 1.29 is 8.91 Å². The Bertz CT molecular complexity index is 592. The van der Waals surface area contributed by atoms with Crippen molar-refractivity contribution >= 4 is 15.9 Å². The largest absolute Gasteiger partial charge is 0.361 e. The fraction of sp³-hybridized carbons (Fsp3) is 0.400. The van der Waals surface area contributed by atoms with E-state index in [1.165, 1.54) is 12.1 Å². The maximum atomic E-state index is 13.1. The summed E-state index contributed by atoms with van der Waals surface area (Å²) < 4.78 is 19.1. The van der Waals surface area contributed by atoms with Crippen LogP contribution in [0.25, 0.3) is 0 Å². The summed E-state index contributed by atoms with van der Waals surface area (Å²) in [6, 6.07) is 4.92. The topological polar surface area (TPSA) is 38.1 Å². The summed E-state index contributed by atoms with van der Waals surface area (Å²) in [7, 11) is 0. The fourth-order valence-corrected chi connectivity index (χ4v) is 3.20. The first kappa shape index (κ1) is 15.2. The highest BCUT2D eigenvalue weighted by Gasteiger charge is 2.19. The number of rotatable bonds is 4. The summed E-state index contributed by atoms with van der Waals surface area (Å²) in [6.07, 6.45) is 0. The van der Waals surface area contributed by atoms with E-state index in [-0.39, 0.29) is 17.9 Å². The van der Waals surface area contributed by atoms with Crippen LogP contribution in [-0.4, -0.2) is 5.16 Å². The lowest BCUT2D eigenvalue weighted by atomic mass is 10.0. The SMILES string of the molecule is Cc1noc(C)c1C(C)NC(C)c1ccc(F)cc1Br. The zero-order valence-electron chi connectivity index (χ0n) is 12.0. The predicted molar refractivity (Wildman–Crippen MR) is 80.0 cm³/mol. The average molecular weight is 341 g/mol. The molecular formula is C15H18BrFN2O. The van der Waals surface area contributed by atoms with Gasteiger partial charge in [0.1, 0.15) is 11.6 Å². The molecule has 1 heterocycles. The van der Waals surface area contributed by atoms with E-state index in [2.05, 4.69) is 33.3 Å². The zero-order chi connectivity index (χ0) is 14.9. The van der Waals surface area contributed by atoms with Gasteiger partial charge in [0.2, 0.25) is 0 Å². The summed E-state index contributed by atoms with van der Waals surface area (Å²) in [5.41, 5.74) is 2.99. The number of hydrogen-bond donors (Lipinski definition) is 1. The Hall–Kier alpha value is -1.20. The van der Waals surface area contributed by atoms with Gasteiger partial charge in [-0.2, -0.15) is 0 Å². The Labute approximate surface area is 126 Å². The molecule has 0 amide bonds. The van der Waals surface area contributed by atoms with Gasteiger partial charge in [0.25, 0.3) is 0 Å². The lowest BCUT2D eigenvalue weighted by Gasteiger charge is -2.21. The smallest absolute Gasteiger partial charge is 0.138 e. The van der Waals surface area contributed by atoms with Crippen molar-refractivity contribution in [3.63, 3.8) is 0 Å². The summed E-state index contributed by atoms with van der Waals surface area (Å²) in [6.45, 7) is 7.96. The molecule has 0 saturated heterocycles. The fourth-order valence-electron chi connectivity index (χ4n) is 2.51. The molecular weight excluding hydrogens is 323 g/mol. The third-order valence-electron chi connectivity index (χ3n) is 3.45. The van der Waals surface area contributed by atoms with Crippen molar-refractivity contribution in [2.75, 3.05) is 0 Å². The average Bonchev–Trinajstić information content (AvgIpc) is 2.68. The molecule has 3 nitrogen and oxygen atoms in total. The Balaban J connectivity index is 2.17. The number of benzene rings is 1. The molecule has 20 heavy (non-hydrogen) atoms. The van der Waals surface area contributed by atoms with Gasteiger partial charge in [-0.1, -0.05) is 27.2 Å². The molecule has 108 valence electrons. The molecule has 2 aromatic rings. The summed E-state index contributed by atoms with van der Waals surface area (Å²) >= 11 is 3.40. The number of hydrogen-bond acceptors (Lipinski definition) is 3. The van der Waals surface area contributed by atoms with Crippen molar-refractivity contribution in [1.82, 2.24) is 10.5 Å². The molecule has 0 aliphatic heterocycles. The van der Waals surface area contributed by atoms with Gasteiger partial charge in [-0.3, -0.25) is 0 Å². The van der Waals surface area contributed by atoms with Crippen LogP contribution in [0.5, 0.6) is 0 Å². The highest BCUT2D eigenvalue weighted by atomic mass is 79.9. The molecule has 1 aromatic heterocycles. The molecule has 5 heteroatoms. The number of aryl methyl sites for hydroxylation is 2. The van der Waals surface area contributed by atoms with Gasteiger partial charge >= 0.3 is 0 Å².